The smallest absolute Gasteiger partial charge is 0.243 e. The summed E-state index contributed by atoms with van der Waals surface area (Å²) in [5.74, 6) is 1.77. The van der Waals surface area contributed by atoms with Crippen molar-refractivity contribution in [3.05, 3.63) is 56.0 Å². The van der Waals surface area contributed by atoms with Gasteiger partial charge in [-0.3, -0.25) is 0 Å². The molecule has 0 amide bonds. The Labute approximate surface area is 181 Å². The lowest BCUT2D eigenvalue weighted by molar-refractivity contribution is 0.284. The lowest BCUT2D eigenvalue weighted by Gasteiger charge is -2.15. The summed E-state index contributed by atoms with van der Waals surface area (Å²) >= 11 is 16.0. The van der Waals surface area contributed by atoms with Crippen LogP contribution in [0.4, 0.5) is 5.95 Å². The molecule has 0 saturated carbocycles. The Bertz CT molecular complexity index is 947. The van der Waals surface area contributed by atoms with Gasteiger partial charge in [0.2, 0.25) is 5.95 Å². The molecule has 1 aromatic heterocycles. The summed E-state index contributed by atoms with van der Waals surface area (Å²) < 4.78 is 13.9. The highest BCUT2D eigenvalue weighted by Gasteiger charge is 2.13. The van der Waals surface area contributed by atoms with Gasteiger partial charge in [-0.05, 0) is 47.2 Å². The number of benzene rings is 2. The molecule has 0 spiro atoms. The van der Waals surface area contributed by atoms with Crippen molar-refractivity contribution in [2.45, 2.75) is 26.6 Å². The van der Waals surface area contributed by atoms with Crippen LogP contribution in [0.15, 0.2) is 34.8 Å². The van der Waals surface area contributed by atoms with E-state index in [2.05, 4.69) is 36.8 Å². The lowest BCUT2D eigenvalue weighted by Crippen LogP contribution is -2.08. The summed E-state index contributed by atoms with van der Waals surface area (Å²) in [4.78, 5) is 0. The molecular weight excluding hydrogens is 469 g/mol. The van der Waals surface area contributed by atoms with Gasteiger partial charge in [-0.25, -0.2) is 4.68 Å². The number of anilines is 1. The molecule has 0 bridgehead atoms. The van der Waals surface area contributed by atoms with Crippen LogP contribution < -0.4 is 14.8 Å². The number of ether oxygens (including phenoxy) is 2. The first-order chi connectivity index (χ1) is 13.5. The number of rotatable bonds is 8. The van der Waals surface area contributed by atoms with Gasteiger partial charge in [-0.15, -0.1) is 0 Å². The number of aryl methyl sites for hydroxylation is 1. The normalized spacial score (nSPS) is 10.8. The monoisotopic (exact) mass is 485 g/mol. The van der Waals surface area contributed by atoms with Crippen molar-refractivity contribution in [2.24, 2.45) is 0 Å². The van der Waals surface area contributed by atoms with E-state index in [1.54, 1.807) is 30.0 Å². The van der Waals surface area contributed by atoms with Crippen LogP contribution in [-0.4, -0.2) is 27.3 Å². The van der Waals surface area contributed by atoms with Crippen molar-refractivity contribution in [1.29, 1.82) is 0 Å². The van der Waals surface area contributed by atoms with Crippen LogP contribution in [-0.2, 0) is 19.7 Å². The second kappa shape index (κ2) is 9.45. The molecule has 1 heterocycles. The van der Waals surface area contributed by atoms with Crippen LogP contribution >= 0.6 is 39.1 Å². The topological polar surface area (TPSA) is 74.1 Å². The maximum Gasteiger partial charge on any atom is 0.243 e. The summed E-state index contributed by atoms with van der Waals surface area (Å²) in [6.45, 7) is 3.38. The lowest BCUT2D eigenvalue weighted by atomic mass is 10.2. The second-order valence-electron chi connectivity index (χ2n) is 5.76. The van der Waals surface area contributed by atoms with Crippen molar-refractivity contribution >= 4 is 45.1 Å². The third-order valence-corrected chi connectivity index (χ3v) is 5.48. The minimum absolute atomic E-state index is 0.226. The van der Waals surface area contributed by atoms with Gasteiger partial charge in [0.25, 0.3) is 0 Å². The number of aromatic nitrogens is 4. The Morgan fingerprint density at radius 2 is 1.93 bits per heavy atom. The van der Waals surface area contributed by atoms with E-state index in [0.29, 0.717) is 40.6 Å². The maximum atomic E-state index is 6.21. The first-order valence-electron chi connectivity index (χ1n) is 8.45. The maximum absolute atomic E-state index is 6.21. The van der Waals surface area contributed by atoms with Gasteiger partial charge < -0.3 is 14.8 Å². The van der Waals surface area contributed by atoms with Crippen LogP contribution in [0, 0.1) is 0 Å². The van der Waals surface area contributed by atoms with Gasteiger partial charge in [-0.2, -0.15) is 0 Å². The van der Waals surface area contributed by atoms with Gasteiger partial charge in [0, 0.05) is 33.2 Å². The van der Waals surface area contributed by atoms with Crippen molar-refractivity contribution in [3.63, 3.8) is 0 Å². The molecule has 7 nitrogen and oxygen atoms in total. The zero-order valence-corrected chi connectivity index (χ0v) is 18.3. The number of nitrogens with one attached hydrogen (secondary N) is 1. The van der Waals surface area contributed by atoms with Gasteiger partial charge >= 0.3 is 0 Å². The SMILES string of the molecule is CCn1nnnc1NCc1cc(OC)c(OCc2c(Cl)cccc2Cl)cc1Br. The third-order valence-electron chi connectivity index (χ3n) is 4.03. The number of hydrogen-bond acceptors (Lipinski definition) is 6. The Balaban J connectivity index is 1.76. The fourth-order valence-corrected chi connectivity index (χ4v) is 3.49. The average Bonchev–Trinajstić information content (AvgIpc) is 3.14. The molecule has 28 heavy (non-hydrogen) atoms. The largest absolute Gasteiger partial charge is 0.493 e. The number of methoxy groups -OCH3 is 1. The van der Waals surface area contributed by atoms with Crippen molar-refractivity contribution in [3.8, 4) is 11.5 Å². The van der Waals surface area contributed by atoms with Gasteiger partial charge in [0.05, 0.1) is 7.11 Å². The van der Waals surface area contributed by atoms with Crippen LogP contribution in [0.1, 0.15) is 18.1 Å². The van der Waals surface area contributed by atoms with E-state index in [1.165, 1.54) is 0 Å². The number of halogens is 3. The molecule has 148 valence electrons. The zero-order chi connectivity index (χ0) is 20.1. The van der Waals surface area contributed by atoms with Crippen LogP contribution in [0.2, 0.25) is 10.0 Å². The second-order valence-corrected chi connectivity index (χ2v) is 7.42. The summed E-state index contributed by atoms with van der Waals surface area (Å²) in [6.07, 6.45) is 0. The minimum Gasteiger partial charge on any atom is -0.493 e. The molecule has 3 aromatic rings. The summed E-state index contributed by atoms with van der Waals surface area (Å²) in [6, 6.07) is 9.09. The predicted octanol–water partition coefficient (Wildman–Crippen LogP) is 4.96. The molecule has 0 unspecified atom stereocenters. The van der Waals surface area contributed by atoms with Crippen molar-refractivity contribution in [1.82, 2.24) is 20.2 Å². The van der Waals surface area contributed by atoms with Gasteiger partial charge in [0.15, 0.2) is 11.5 Å². The fraction of sp³-hybridized carbons (Fsp3) is 0.278. The molecule has 3 rings (SSSR count). The Morgan fingerprint density at radius 1 is 1.18 bits per heavy atom. The molecule has 0 radical (unpaired) electrons. The number of nitrogens with zero attached hydrogens (tertiary/aromatic N) is 4. The molecule has 0 fully saturated rings. The third kappa shape index (κ3) is 4.68. The zero-order valence-electron chi connectivity index (χ0n) is 15.2. The van der Waals surface area contributed by atoms with E-state index < -0.39 is 0 Å². The molecule has 0 aliphatic carbocycles. The average molecular weight is 487 g/mol. The summed E-state index contributed by atoms with van der Waals surface area (Å²) in [7, 11) is 1.59. The number of hydrogen-bond donors (Lipinski definition) is 1. The van der Waals surface area contributed by atoms with Crippen LogP contribution in [0.25, 0.3) is 0 Å². The van der Waals surface area contributed by atoms with Gasteiger partial charge in [-0.1, -0.05) is 50.3 Å². The molecule has 0 saturated heterocycles. The number of tetrazole rings is 1. The Morgan fingerprint density at radius 3 is 2.61 bits per heavy atom. The molecule has 0 aliphatic rings. The predicted molar refractivity (Wildman–Crippen MR) is 112 cm³/mol. The Hall–Kier alpha value is -2.03. The van der Waals surface area contributed by atoms with E-state index in [4.69, 9.17) is 32.7 Å². The molecule has 0 atom stereocenters. The van der Waals surface area contributed by atoms with Crippen molar-refractivity contribution < 1.29 is 9.47 Å². The highest BCUT2D eigenvalue weighted by molar-refractivity contribution is 9.10. The molecule has 2 aromatic carbocycles. The van der Waals surface area contributed by atoms with E-state index >= 15 is 0 Å². The van der Waals surface area contributed by atoms with Crippen LogP contribution in [0.5, 0.6) is 11.5 Å². The van der Waals surface area contributed by atoms with Crippen LogP contribution in [0.3, 0.4) is 0 Å². The molecular formula is C18H18BrCl2N5O2. The van der Waals surface area contributed by atoms with E-state index in [-0.39, 0.29) is 6.61 Å². The highest BCUT2D eigenvalue weighted by atomic mass is 79.9. The minimum atomic E-state index is 0.226. The first kappa shape index (κ1) is 20.7. The van der Waals surface area contributed by atoms with Crippen molar-refractivity contribution in [2.75, 3.05) is 12.4 Å². The summed E-state index contributed by atoms with van der Waals surface area (Å²) in [5.41, 5.74) is 1.69. The Kier molecular flexibility index (Phi) is 6.98. The first-order valence-corrected chi connectivity index (χ1v) is 10.0. The highest BCUT2D eigenvalue weighted by Crippen LogP contribution is 2.35. The molecule has 10 heteroatoms. The molecule has 1 N–H and O–H groups in total. The standard InChI is InChI=1S/C18H18BrCl2N5O2/c1-3-26-18(23-24-25-26)22-9-11-7-16(27-2)17(8-13(11)19)28-10-12-14(20)5-4-6-15(12)21/h4-8H,3,9-10H2,1-2H3,(H,22,23,25). The van der Waals surface area contributed by atoms with Gasteiger partial charge in [0.1, 0.15) is 6.61 Å². The summed E-state index contributed by atoms with van der Waals surface area (Å²) in [5, 5.41) is 15.9. The molecule has 0 aliphatic heterocycles. The fourth-order valence-electron chi connectivity index (χ4n) is 2.52. The van der Waals surface area contributed by atoms with E-state index in [1.807, 2.05) is 19.1 Å². The quantitative estimate of drug-likeness (QED) is 0.485. The van der Waals surface area contributed by atoms with E-state index in [9.17, 15) is 0 Å². The van der Waals surface area contributed by atoms with E-state index in [0.717, 1.165) is 15.6 Å².